The summed E-state index contributed by atoms with van der Waals surface area (Å²) in [5.74, 6) is 0.878. The molecule has 0 aliphatic heterocycles. The number of hydrogen-bond acceptors (Lipinski definition) is 0. The van der Waals surface area contributed by atoms with Crippen molar-refractivity contribution in [1.82, 2.24) is 4.98 Å². The second-order valence-corrected chi connectivity index (χ2v) is 2.82. The van der Waals surface area contributed by atoms with Gasteiger partial charge in [0, 0.05) is 11.9 Å². The van der Waals surface area contributed by atoms with Gasteiger partial charge < -0.3 is 4.98 Å². The molecule has 0 radical (unpaired) electrons. The summed E-state index contributed by atoms with van der Waals surface area (Å²) in [6.07, 6.45) is 9.17. The maximum Gasteiger partial charge on any atom is 0.0377 e. The predicted octanol–water partition coefficient (Wildman–Crippen LogP) is 2.44. The van der Waals surface area contributed by atoms with Gasteiger partial charge in [-0.2, -0.15) is 0 Å². The summed E-state index contributed by atoms with van der Waals surface area (Å²) in [6, 6.07) is 4.10. The first kappa shape index (κ1) is 5.78. The Morgan fingerprint density at radius 3 is 3.00 bits per heavy atom. The molecule has 1 heterocycles. The van der Waals surface area contributed by atoms with Gasteiger partial charge in [-0.1, -0.05) is 6.08 Å². The van der Waals surface area contributed by atoms with Gasteiger partial charge in [0.2, 0.25) is 0 Å². The van der Waals surface area contributed by atoms with Crippen LogP contribution in [-0.4, -0.2) is 4.98 Å². The van der Waals surface area contributed by atoms with Gasteiger partial charge >= 0.3 is 0 Å². The summed E-state index contributed by atoms with van der Waals surface area (Å²) >= 11 is 0. The minimum Gasteiger partial charge on any atom is -0.362 e. The Kier molecular flexibility index (Phi) is 1.35. The van der Waals surface area contributed by atoms with Gasteiger partial charge in [-0.25, -0.2) is 0 Å². The highest BCUT2D eigenvalue weighted by molar-refractivity contribution is 5.45. The van der Waals surface area contributed by atoms with Gasteiger partial charge in [-0.15, -0.1) is 0 Å². The lowest BCUT2D eigenvalue weighted by molar-refractivity contribution is 1.13. The van der Waals surface area contributed by atoms with Crippen LogP contribution in [0.4, 0.5) is 0 Å². The van der Waals surface area contributed by atoms with E-state index in [1.165, 1.54) is 18.5 Å². The van der Waals surface area contributed by atoms with E-state index >= 15 is 0 Å². The van der Waals surface area contributed by atoms with E-state index in [2.05, 4.69) is 23.2 Å². The summed E-state index contributed by atoms with van der Waals surface area (Å²) in [4.78, 5) is 3.13. The van der Waals surface area contributed by atoms with Crippen LogP contribution >= 0.6 is 0 Å². The average molecular weight is 133 g/mol. The molecule has 0 amide bonds. The Morgan fingerprint density at radius 1 is 1.50 bits per heavy atom. The third-order valence-electron chi connectivity index (χ3n) is 1.79. The van der Waals surface area contributed by atoms with Crippen LogP contribution in [-0.2, 0) is 0 Å². The average Bonchev–Trinajstić information content (AvgIpc) is 2.63. The summed E-state index contributed by atoms with van der Waals surface area (Å²) in [5.41, 5.74) is 1.21. The molecule has 1 fully saturated rings. The van der Waals surface area contributed by atoms with Gasteiger partial charge in [0.05, 0.1) is 0 Å². The normalized spacial score (nSPS) is 18.4. The van der Waals surface area contributed by atoms with Crippen molar-refractivity contribution in [2.24, 2.45) is 5.92 Å². The molecule has 0 aromatic carbocycles. The van der Waals surface area contributed by atoms with E-state index in [9.17, 15) is 0 Å². The van der Waals surface area contributed by atoms with E-state index in [1.54, 1.807) is 0 Å². The largest absolute Gasteiger partial charge is 0.362 e. The Labute approximate surface area is 60.8 Å². The molecule has 0 spiro atoms. The number of hydrogen-bond donors (Lipinski definition) is 1. The molecular weight excluding hydrogens is 122 g/mol. The first-order valence-electron chi connectivity index (χ1n) is 3.77. The molecule has 1 aliphatic carbocycles. The van der Waals surface area contributed by atoms with Crippen LogP contribution in [0.25, 0.3) is 6.08 Å². The monoisotopic (exact) mass is 133 g/mol. The van der Waals surface area contributed by atoms with Crippen molar-refractivity contribution in [2.45, 2.75) is 12.8 Å². The summed E-state index contributed by atoms with van der Waals surface area (Å²) < 4.78 is 0. The van der Waals surface area contributed by atoms with Crippen molar-refractivity contribution < 1.29 is 0 Å². The molecule has 1 heteroatoms. The standard InChI is InChI=1S/C9H11N/c1-2-9(10-7-1)6-5-8-3-4-8/h1-2,5-8,10H,3-4H2/b6-5+. The first-order valence-corrected chi connectivity index (χ1v) is 3.77. The topological polar surface area (TPSA) is 15.8 Å². The first-order chi connectivity index (χ1) is 4.95. The van der Waals surface area contributed by atoms with Crippen LogP contribution in [0.3, 0.4) is 0 Å². The van der Waals surface area contributed by atoms with Crippen molar-refractivity contribution in [2.75, 3.05) is 0 Å². The second-order valence-electron chi connectivity index (χ2n) is 2.82. The van der Waals surface area contributed by atoms with Gasteiger partial charge in [-0.05, 0) is 37.0 Å². The highest BCUT2D eigenvalue weighted by atomic mass is 14.7. The van der Waals surface area contributed by atoms with Crippen LogP contribution in [0, 0.1) is 5.92 Å². The Hall–Kier alpha value is -0.980. The Morgan fingerprint density at radius 2 is 2.40 bits per heavy atom. The van der Waals surface area contributed by atoms with Gasteiger partial charge in [0.25, 0.3) is 0 Å². The minimum atomic E-state index is 0.878. The van der Waals surface area contributed by atoms with E-state index in [4.69, 9.17) is 0 Å². The third kappa shape index (κ3) is 1.29. The lowest BCUT2D eigenvalue weighted by Crippen LogP contribution is -1.67. The number of allylic oxidation sites excluding steroid dienone is 1. The molecule has 1 aromatic heterocycles. The molecule has 1 aromatic rings. The molecule has 10 heavy (non-hydrogen) atoms. The van der Waals surface area contributed by atoms with E-state index in [-0.39, 0.29) is 0 Å². The molecule has 52 valence electrons. The maximum atomic E-state index is 3.13. The zero-order chi connectivity index (χ0) is 6.81. The molecule has 0 saturated heterocycles. The van der Waals surface area contributed by atoms with Crippen molar-refractivity contribution in [3.05, 3.63) is 30.1 Å². The second kappa shape index (κ2) is 2.33. The minimum absolute atomic E-state index is 0.878. The van der Waals surface area contributed by atoms with E-state index in [0.29, 0.717) is 0 Å². The number of aromatic nitrogens is 1. The van der Waals surface area contributed by atoms with E-state index < -0.39 is 0 Å². The predicted molar refractivity (Wildman–Crippen MR) is 42.6 cm³/mol. The molecule has 1 nitrogen and oxygen atoms in total. The molecule has 0 atom stereocenters. The highest BCUT2D eigenvalue weighted by Crippen LogP contribution is 2.30. The van der Waals surface area contributed by atoms with E-state index in [1.807, 2.05) is 12.3 Å². The fourth-order valence-corrected chi connectivity index (χ4v) is 0.976. The third-order valence-corrected chi connectivity index (χ3v) is 1.79. The number of nitrogens with one attached hydrogen (secondary N) is 1. The molecule has 1 saturated carbocycles. The number of H-pyrrole nitrogens is 1. The molecule has 1 aliphatic rings. The SMILES string of the molecule is C(=C\C1CC1)/c1ccc[nH]1. The molecule has 1 N–H and O–H groups in total. The smallest absolute Gasteiger partial charge is 0.0377 e. The molecule has 2 rings (SSSR count). The van der Waals surface area contributed by atoms with Gasteiger partial charge in [-0.3, -0.25) is 0 Å². The van der Waals surface area contributed by atoms with Crippen LogP contribution in [0.2, 0.25) is 0 Å². The van der Waals surface area contributed by atoms with Crippen molar-refractivity contribution in [3.63, 3.8) is 0 Å². The zero-order valence-electron chi connectivity index (χ0n) is 5.88. The zero-order valence-corrected chi connectivity index (χ0v) is 5.88. The van der Waals surface area contributed by atoms with Crippen molar-refractivity contribution in [1.29, 1.82) is 0 Å². The van der Waals surface area contributed by atoms with Crippen molar-refractivity contribution >= 4 is 6.08 Å². The van der Waals surface area contributed by atoms with Gasteiger partial charge in [0.1, 0.15) is 0 Å². The summed E-state index contributed by atoms with van der Waals surface area (Å²) in [5, 5.41) is 0. The number of rotatable bonds is 2. The Bertz CT molecular complexity index is 217. The van der Waals surface area contributed by atoms with E-state index in [0.717, 1.165) is 5.92 Å². The van der Waals surface area contributed by atoms with Crippen LogP contribution in [0.15, 0.2) is 24.4 Å². The van der Waals surface area contributed by atoms with Crippen LogP contribution in [0.5, 0.6) is 0 Å². The fourth-order valence-electron chi connectivity index (χ4n) is 0.976. The van der Waals surface area contributed by atoms with Gasteiger partial charge in [0.15, 0.2) is 0 Å². The van der Waals surface area contributed by atoms with Crippen LogP contribution in [0.1, 0.15) is 18.5 Å². The lowest BCUT2D eigenvalue weighted by Gasteiger charge is -1.82. The quantitative estimate of drug-likeness (QED) is 0.637. The van der Waals surface area contributed by atoms with Crippen LogP contribution < -0.4 is 0 Å². The molecule has 0 bridgehead atoms. The summed E-state index contributed by atoms with van der Waals surface area (Å²) in [7, 11) is 0. The fraction of sp³-hybridized carbons (Fsp3) is 0.333. The number of aromatic amines is 1. The Balaban J connectivity index is 2.01. The lowest BCUT2D eigenvalue weighted by atomic mass is 10.3. The highest BCUT2D eigenvalue weighted by Gasteiger charge is 2.16. The maximum absolute atomic E-state index is 3.13. The molecule has 0 unspecified atom stereocenters. The van der Waals surface area contributed by atoms with Crippen molar-refractivity contribution in [3.8, 4) is 0 Å². The summed E-state index contributed by atoms with van der Waals surface area (Å²) in [6.45, 7) is 0. The molecular formula is C9H11N.